The van der Waals surface area contributed by atoms with Crippen LogP contribution >= 0.6 is 0 Å². The van der Waals surface area contributed by atoms with Gasteiger partial charge in [0.15, 0.2) is 6.10 Å². The third-order valence-corrected chi connectivity index (χ3v) is 13.2. The molecule has 1 unspecified atom stereocenters. The molecular weight excluding hydrogens is 997 g/mol. The van der Waals surface area contributed by atoms with E-state index in [-0.39, 0.29) is 37.5 Å². The van der Waals surface area contributed by atoms with Crippen LogP contribution in [0.2, 0.25) is 0 Å². The molecule has 0 fully saturated rings. The summed E-state index contributed by atoms with van der Waals surface area (Å²) < 4.78 is 16.9. The molecule has 1 atom stereocenters. The van der Waals surface area contributed by atoms with E-state index < -0.39 is 6.10 Å². The largest absolute Gasteiger partial charge is 0.462 e. The number of unbranched alkanes of at least 4 members (excludes halogenated alkanes) is 18. The summed E-state index contributed by atoms with van der Waals surface area (Å²) in [6.45, 7) is 6.24. The van der Waals surface area contributed by atoms with Gasteiger partial charge in [-0.25, -0.2) is 0 Å². The Bertz CT molecular complexity index is 1860. The van der Waals surface area contributed by atoms with E-state index in [1.54, 1.807) is 0 Å². The molecule has 0 heterocycles. The van der Waals surface area contributed by atoms with Crippen LogP contribution in [0.4, 0.5) is 0 Å². The quantitative estimate of drug-likeness (QED) is 0.0261. The van der Waals surface area contributed by atoms with E-state index in [4.69, 9.17) is 14.2 Å². The Balaban J connectivity index is 4.46. The minimum absolute atomic E-state index is 0.111. The standard InChI is InChI=1S/C75H118O6/c1-4-7-10-13-16-19-22-25-28-31-33-34-35-36-37-38-39-40-42-44-47-50-53-56-59-62-65-68-74(77)80-71-72(70-79-73(76)67-64-61-58-55-52-49-46-43-30-27-24-21-18-15-12-9-6-3)81-75(78)69-66-63-60-57-54-51-48-45-41-32-29-26-23-20-17-14-11-8-5-2/h7-12,16-21,25-30,33-34,36-37,41,45-46,49,55,58,72H,4-6,13-15,22-24,31-32,35,38-40,42-44,47-48,50-54,56-57,59-71H2,1-3H3/b10-7-,11-8-,12-9-,19-16-,20-17-,21-18-,28-25-,29-26-,30-27-,34-33-,37-36-,45-41-,49-46-,58-55-. The Hall–Kier alpha value is -5.23. The maximum absolute atomic E-state index is 12.9. The summed E-state index contributed by atoms with van der Waals surface area (Å²) >= 11 is 0. The average Bonchev–Trinajstić information content (AvgIpc) is 3.47. The molecule has 0 aliphatic carbocycles. The lowest BCUT2D eigenvalue weighted by Gasteiger charge is -2.18. The number of carbonyl (C=O) groups is 3. The minimum atomic E-state index is -0.821. The van der Waals surface area contributed by atoms with Crippen molar-refractivity contribution in [1.29, 1.82) is 0 Å². The van der Waals surface area contributed by atoms with Gasteiger partial charge in [0.25, 0.3) is 0 Å². The Labute approximate surface area is 498 Å². The normalized spacial score (nSPS) is 13.3. The molecule has 0 aromatic heterocycles. The van der Waals surface area contributed by atoms with Crippen molar-refractivity contribution in [2.75, 3.05) is 13.2 Å². The lowest BCUT2D eigenvalue weighted by molar-refractivity contribution is -0.167. The lowest BCUT2D eigenvalue weighted by Crippen LogP contribution is -2.30. The van der Waals surface area contributed by atoms with E-state index in [0.29, 0.717) is 19.3 Å². The molecule has 454 valence electrons. The molecule has 0 aromatic rings. The van der Waals surface area contributed by atoms with Gasteiger partial charge in [0.1, 0.15) is 13.2 Å². The zero-order valence-corrected chi connectivity index (χ0v) is 52.0. The van der Waals surface area contributed by atoms with Crippen molar-refractivity contribution in [3.8, 4) is 0 Å². The number of rotatable bonds is 57. The lowest BCUT2D eigenvalue weighted by atomic mass is 10.0. The molecule has 0 N–H and O–H groups in total. The molecule has 0 aliphatic heterocycles. The van der Waals surface area contributed by atoms with E-state index in [9.17, 15) is 14.4 Å². The first-order chi connectivity index (χ1) is 40.0. The molecule has 0 aromatic carbocycles. The third kappa shape index (κ3) is 65.5. The van der Waals surface area contributed by atoms with E-state index in [2.05, 4.69) is 191 Å². The van der Waals surface area contributed by atoms with Crippen molar-refractivity contribution >= 4 is 17.9 Å². The van der Waals surface area contributed by atoms with Crippen molar-refractivity contribution < 1.29 is 28.6 Å². The van der Waals surface area contributed by atoms with Crippen LogP contribution in [-0.2, 0) is 28.6 Å². The van der Waals surface area contributed by atoms with Crippen molar-refractivity contribution in [3.05, 3.63) is 170 Å². The molecule has 0 rings (SSSR count). The number of allylic oxidation sites excluding steroid dienone is 28. The zero-order valence-electron chi connectivity index (χ0n) is 52.0. The molecule has 0 saturated carbocycles. The molecule has 81 heavy (non-hydrogen) atoms. The van der Waals surface area contributed by atoms with Crippen LogP contribution in [0.25, 0.3) is 0 Å². The maximum Gasteiger partial charge on any atom is 0.306 e. The predicted octanol–water partition coefficient (Wildman–Crippen LogP) is 22.7. The molecular formula is C75H118O6. The summed E-state index contributed by atoms with van der Waals surface area (Å²) in [4.78, 5) is 38.4. The van der Waals surface area contributed by atoms with Gasteiger partial charge in [0.2, 0.25) is 0 Å². The molecule has 0 saturated heterocycles. The Morgan fingerprint density at radius 1 is 0.247 bits per heavy atom. The van der Waals surface area contributed by atoms with Gasteiger partial charge in [-0.15, -0.1) is 0 Å². The summed E-state index contributed by atoms with van der Waals surface area (Å²) in [6.07, 6.45) is 99.3. The fourth-order valence-electron chi connectivity index (χ4n) is 8.44. The van der Waals surface area contributed by atoms with E-state index >= 15 is 0 Å². The van der Waals surface area contributed by atoms with Gasteiger partial charge < -0.3 is 14.2 Å². The first-order valence-electron chi connectivity index (χ1n) is 32.6. The Morgan fingerprint density at radius 3 is 0.741 bits per heavy atom. The summed E-state index contributed by atoms with van der Waals surface area (Å²) in [5.41, 5.74) is 0. The fourth-order valence-corrected chi connectivity index (χ4v) is 8.44. The zero-order chi connectivity index (χ0) is 58.5. The molecule has 0 amide bonds. The van der Waals surface area contributed by atoms with Crippen LogP contribution in [-0.4, -0.2) is 37.2 Å². The summed E-state index contributed by atoms with van der Waals surface area (Å²) in [5, 5.41) is 0. The van der Waals surface area contributed by atoms with E-state index in [1.165, 1.54) is 70.6 Å². The minimum Gasteiger partial charge on any atom is -0.462 e. The first kappa shape index (κ1) is 75.8. The average molecular weight is 1120 g/mol. The monoisotopic (exact) mass is 1110 g/mol. The molecule has 0 radical (unpaired) electrons. The van der Waals surface area contributed by atoms with Crippen LogP contribution < -0.4 is 0 Å². The maximum atomic E-state index is 12.9. The second kappa shape index (κ2) is 67.3. The van der Waals surface area contributed by atoms with Crippen molar-refractivity contribution in [2.45, 2.75) is 271 Å². The highest BCUT2D eigenvalue weighted by Crippen LogP contribution is 2.15. The predicted molar refractivity (Wildman–Crippen MR) is 352 cm³/mol. The van der Waals surface area contributed by atoms with Gasteiger partial charge in [-0.1, -0.05) is 274 Å². The Morgan fingerprint density at radius 2 is 0.457 bits per heavy atom. The van der Waals surface area contributed by atoms with Crippen LogP contribution in [0.1, 0.15) is 265 Å². The number of hydrogen-bond acceptors (Lipinski definition) is 6. The SMILES string of the molecule is CC/C=C\C/C=C\C/C=C\C/C=C\C/C=C\CCCCCCCCCCCCCC(=O)OCC(COC(=O)CCC/C=C\C/C=C\C/C=C\C/C=C\C/C=C\CC)OC(=O)CCCCCCCC/C=C\C/C=C\C/C=C\C/C=C\CC. The highest BCUT2D eigenvalue weighted by Gasteiger charge is 2.19. The second-order valence-electron chi connectivity index (χ2n) is 20.9. The summed E-state index contributed by atoms with van der Waals surface area (Å²) in [7, 11) is 0. The van der Waals surface area contributed by atoms with Crippen LogP contribution in [0.5, 0.6) is 0 Å². The van der Waals surface area contributed by atoms with Crippen molar-refractivity contribution in [3.63, 3.8) is 0 Å². The fraction of sp³-hybridized carbons (Fsp3) is 0.587. The molecule has 0 spiro atoms. The second-order valence-corrected chi connectivity index (χ2v) is 20.9. The smallest absolute Gasteiger partial charge is 0.306 e. The number of hydrogen-bond donors (Lipinski definition) is 0. The molecule has 0 aliphatic rings. The topological polar surface area (TPSA) is 78.9 Å². The van der Waals surface area contributed by atoms with Gasteiger partial charge in [0, 0.05) is 19.3 Å². The van der Waals surface area contributed by atoms with Crippen LogP contribution in [0.3, 0.4) is 0 Å². The third-order valence-electron chi connectivity index (χ3n) is 13.2. The van der Waals surface area contributed by atoms with Crippen LogP contribution in [0.15, 0.2) is 170 Å². The number of ether oxygens (including phenoxy) is 3. The van der Waals surface area contributed by atoms with Crippen LogP contribution in [0, 0.1) is 0 Å². The highest BCUT2D eigenvalue weighted by molar-refractivity contribution is 5.71. The van der Waals surface area contributed by atoms with Gasteiger partial charge >= 0.3 is 17.9 Å². The van der Waals surface area contributed by atoms with Crippen molar-refractivity contribution in [1.82, 2.24) is 0 Å². The van der Waals surface area contributed by atoms with Crippen molar-refractivity contribution in [2.24, 2.45) is 0 Å². The van der Waals surface area contributed by atoms with Gasteiger partial charge in [-0.3, -0.25) is 14.4 Å². The van der Waals surface area contributed by atoms with Gasteiger partial charge in [-0.05, 0) is 141 Å². The number of esters is 3. The Kier molecular flexibility index (Phi) is 62.9. The summed E-state index contributed by atoms with van der Waals surface area (Å²) in [5.74, 6) is -0.991. The number of carbonyl (C=O) groups excluding carboxylic acids is 3. The van der Waals surface area contributed by atoms with E-state index in [1.807, 2.05) is 0 Å². The molecule has 0 bridgehead atoms. The van der Waals surface area contributed by atoms with Gasteiger partial charge in [-0.2, -0.15) is 0 Å². The summed E-state index contributed by atoms with van der Waals surface area (Å²) in [6, 6.07) is 0. The van der Waals surface area contributed by atoms with E-state index in [0.717, 1.165) is 148 Å². The highest BCUT2D eigenvalue weighted by atomic mass is 16.6. The molecule has 6 heteroatoms. The first-order valence-corrected chi connectivity index (χ1v) is 32.6. The molecule has 6 nitrogen and oxygen atoms in total. The van der Waals surface area contributed by atoms with Gasteiger partial charge in [0.05, 0.1) is 0 Å².